The van der Waals surface area contributed by atoms with E-state index < -0.39 is 0 Å². The fourth-order valence-electron chi connectivity index (χ4n) is 2.15. The highest BCUT2D eigenvalue weighted by Gasteiger charge is 2.12. The van der Waals surface area contributed by atoms with E-state index in [9.17, 15) is 0 Å². The summed E-state index contributed by atoms with van der Waals surface area (Å²) in [5.74, 6) is 1.20. The van der Waals surface area contributed by atoms with Gasteiger partial charge in [-0.15, -0.1) is 4.80 Å². The number of fused-ring (bicyclic) bond motifs is 1. The molecule has 0 atom stereocenters. The smallest absolute Gasteiger partial charge is 0.175 e. The molecule has 18 heavy (non-hydrogen) atoms. The molecule has 3 rings (SSSR count). The molecule has 0 aliphatic heterocycles. The molecular weight excluding hydrogens is 226 g/mol. The minimum absolute atomic E-state index is 0.446. The van der Waals surface area contributed by atoms with Crippen LogP contribution in [0.15, 0.2) is 30.7 Å². The first-order valence-corrected chi connectivity index (χ1v) is 5.99. The molecule has 0 aromatic carbocycles. The van der Waals surface area contributed by atoms with Crippen LogP contribution in [-0.2, 0) is 7.05 Å². The van der Waals surface area contributed by atoms with Crippen molar-refractivity contribution in [2.75, 3.05) is 0 Å². The highest BCUT2D eigenvalue weighted by Crippen LogP contribution is 2.25. The molecule has 0 bridgehead atoms. The summed E-state index contributed by atoms with van der Waals surface area (Å²) in [6.07, 6.45) is 5.45. The molecule has 0 saturated carbocycles. The topological polar surface area (TPSA) is 48.5 Å². The Morgan fingerprint density at radius 2 is 1.83 bits per heavy atom. The lowest BCUT2D eigenvalue weighted by Crippen LogP contribution is -2.01. The zero-order valence-corrected chi connectivity index (χ0v) is 10.7. The molecule has 0 aliphatic carbocycles. The summed E-state index contributed by atoms with van der Waals surface area (Å²) in [6.45, 7) is 4.35. The molecule has 3 heterocycles. The third-order valence-corrected chi connectivity index (χ3v) is 3.09. The first kappa shape index (κ1) is 11.0. The molecule has 3 aromatic heterocycles. The lowest BCUT2D eigenvalue weighted by Gasteiger charge is -2.03. The second-order valence-electron chi connectivity index (χ2n) is 4.71. The van der Waals surface area contributed by atoms with Crippen LogP contribution in [0.1, 0.15) is 25.3 Å². The molecule has 0 N–H and O–H groups in total. The molecular formula is C13H15N5. The van der Waals surface area contributed by atoms with Gasteiger partial charge in [0, 0.05) is 13.2 Å². The van der Waals surface area contributed by atoms with E-state index in [0.29, 0.717) is 5.92 Å². The molecule has 5 nitrogen and oxygen atoms in total. The van der Waals surface area contributed by atoms with E-state index >= 15 is 0 Å². The first-order valence-electron chi connectivity index (χ1n) is 5.99. The average molecular weight is 241 g/mol. The summed E-state index contributed by atoms with van der Waals surface area (Å²) < 4.78 is 2.11. The van der Waals surface area contributed by atoms with Gasteiger partial charge in [0.05, 0.1) is 23.4 Å². The number of rotatable bonds is 2. The number of hydrogen-bond donors (Lipinski definition) is 0. The van der Waals surface area contributed by atoms with Crippen LogP contribution in [0.2, 0.25) is 0 Å². The first-order chi connectivity index (χ1) is 8.66. The Labute approximate surface area is 105 Å². The van der Waals surface area contributed by atoms with Crippen molar-refractivity contribution in [3.05, 3.63) is 36.3 Å². The largest absolute Gasteiger partial charge is 0.349 e. The van der Waals surface area contributed by atoms with E-state index in [-0.39, 0.29) is 0 Å². The highest BCUT2D eigenvalue weighted by molar-refractivity contribution is 5.81. The van der Waals surface area contributed by atoms with Gasteiger partial charge in [0.25, 0.3) is 0 Å². The van der Waals surface area contributed by atoms with Gasteiger partial charge in [0.15, 0.2) is 5.82 Å². The number of pyridine rings is 1. The zero-order valence-electron chi connectivity index (χ0n) is 10.7. The summed E-state index contributed by atoms with van der Waals surface area (Å²) in [5, 5.41) is 8.22. The molecule has 0 radical (unpaired) electrons. The fourth-order valence-corrected chi connectivity index (χ4v) is 2.15. The Bertz CT molecular complexity index is 679. The Kier molecular flexibility index (Phi) is 2.40. The van der Waals surface area contributed by atoms with E-state index in [0.717, 1.165) is 16.9 Å². The molecule has 0 fully saturated rings. The Hall–Kier alpha value is -2.17. The van der Waals surface area contributed by atoms with Gasteiger partial charge in [0.2, 0.25) is 0 Å². The van der Waals surface area contributed by atoms with E-state index in [4.69, 9.17) is 0 Å². The Morgan fingerprint density at radius 1 is 1.11 bits per heavy atom. The predicted octanol–water partition coefficient (Wildman–Crippen LogP) is 2.28. The van der Waals surface area contributed by atoms with Gasteiger partial charge in [-0.05, 0) is 23.6 Å². The van der Waals surface area contributed by atoms with Gasteiger partial charge in [-0.2, -0.15) is 10.2 Å². The summed E-state index contributed by atoms with van der Waals surface area (Å²) in [4.78, 5) is 6.22. The fraction of sp³-hybridized carbons (Fsp3) is 0.308. The molecule has 0 aliphatic rings. The van der Waals surface area contributed by atoms with Crippen LogP contribution in [0.5, 0.6) is 0 Å². The van der Waals surface area contributed by atoms with Crippen LogP contribution in [0.25, 0.3) is 16.9 Å². The maximum Gasteiger partial charge on any atom is 0.175 e. The molecule has 5 heteroatoms. The third kappa shape index (κ3) is 1.59. The van der Waals surface area contributed by atoms with Crippen LogP contribution in [-0.4, -0.2) is 24.5 Å². The molecule has 0 amide bonds. The number of aryl methyl sites for hydroxylation is 1. The summed E-state index contributed by atoms with van der Waals surface area (Å²) in [5.41, 5.74) is 3.42. The van der Waals surface area contributed by atoms with Crippen molar-refractivity contribution in [2.24, 2.45) is 7.05 Å². The second kappa shape index (κ2) is 3.94. The molecule has 0 saturated heterocycles. The summed E-state index contributed by atoms with van der Waals surface area (Å²) in [7, 11) is 2.04. The van der Waals surface area contributed by atoms with Crippen molar-refractivity contribution in [1.82, 2.24) is 24.5 Å². The van der Waals surface area contributed by atoms with Gasteiger partial charge in [-0.1, -0.05) is 13.8 Å². The monoisotopic (exact) mass is 241 g/mol. The van der Waals surface area contributed by atoms with Crippen LogP contribution >= 0.6 is 0 Å². The maximum absolute atomic E-state index is 4.68. The van der Waals surface area contributed by atoms with Gasteiger partial charge >= 0.3 is 0 Å². The summed E-state index contributed by atoms with van der Waals surface area (Å²) in [6, 6.07) is 4.00. The lowest BCUT2D eigenvalue weighted by atomic mass is 10.1. The number of hydrogen-bond acceptors (Lipinski definition) is 3. The molecule has 92 valence electrons. The van der Waals surface area contributed by atoms with Crippen LogP contribution in [0.3, 0.4) is 0 Å². The molecule has 0 unspecified atom stereocenters. The van der Waals surface area contributed by atoms with Crippen molar-refractivity contribution >= 4 is 11.0 Å². The van der Waals surface area contributed by atoms with Crippen LogP contribution < -0.4 is 0 Å². The minimum atomic E-state index is 0.446. The number of aromatic nitrogens is 5. The van der Waals surface area contributed by atoms with Gasteiger partial charge in [-0.25, -0.2) is 4.98 Å². The van der Waals surface area contributed by atoms with E-state index in [1.165, 1.54) is 10.4 Å². The Balaban J connectivity index is 2.25. The van der Waals surface area contributed by atoms with Crippen molar-refractivity contribution in [3.8, 4) is 5.82 Å². The van der Waals surface area contributed by atoms with Crippen molar-refractivity contribution in [1.29, 1.82) is 0 Å². The summed E-state index contributed by atoms with van der Waals surface area (Å²) >= 11 is 0. The molecule has 0 spiro atoms. The quantitative estimate of drug-likeness (QED) is 0.691. The van der Waals surface area contributed by atoms with E-state index in [1.54, 1.807) is 12.4 Å². The van der Waals surface area contributed by atoms with Crippen molar-refractivity contribution in [3.63, 3.8) is 0 Å². The van der Waals surface area contributed by atoms with Crippen molar-refractivity contribution < 1.29 is 0 Å². The number of nitrogens with zero attached hydrogens (tertiary/aromatic N) is 5. The normalized spacial score (nSPS) is 11.6. The van der Waals surface area contributed by atoms with Crippen LogP contribution in [0, 0.1) is 0 Å². The highest BCUT2D eigenvalue weighted by atomic mass is 15.5. The minimum Gasteiger partial charge on any atom is -0.349 e. The van der Waals surface area contributed by atoms with E-state index in [1.807, 2.05) is 13.1 Å². The van der Waals surface area contributed by atoms with E-state index in [2.05, 4.69) is 45.9 Å². The van der Waals surface area contributed by atoms with Gasteiger partial charge < -0.3 is 4.57 Å². The standard InChI is InChI=1S/C13H15N5/c1-9(2)10-8-17(3)11-4-5-12(16-13(10)11)18-14-6-7-15-18/h4-9H,1-3H3. The Morgan fingerprint density at radius 3 is 2.50 bits per heavy atom. The van der Waals surface area contributed by atoms with Crippen LogP contribution in [0.4, 0.5) is 0 Å². The third-order valence-electron chi connectivity index (χ3n) is 3.09. The SMILES string of the molecule is CC(C)c1cn(C)c2ccc(-n3nccn3)nc12. The average Bonchev–Trinajstić information content (AvgIpc) is 2.97. The van der Waals surface area contributed by atoms with Gasteiger partial charge in [0.1, 0.15) is 0 Å². The second-order valence-corrected chi connectivity index (χ2v) is 4.71. The van der Waals surface area contributed by atoms with Crippen molar-refractivity contribution in [2.45, 2.75) is 19.8 Å². The lowest BCUT2D eigenvalue weighted by molar-refractivity contribution is 0.732. The van der Waals surface area contributed by atoms with Gasteiger partial charge in [-0.3, -0.25) is 0 Å². The predicted molar refractivity (Wildman–Crippen MR) is 69.7 cm³/mol. The maximum atomic E-state index is 4.68. The zero-order chi connectivity index (χ0) is 12.7. The molecule has 3 aromatic rings.